The number of nitroso groups, excluding NO2 is 1. The summed E-state index contributed by atoms with van der Waals surface area (Å²) in [6, 6.07) is 10.7. The molecule has 0 saturated carbocycles. The van der Waals surface area contributed by atoms with Crippen molar-refractivity contribution in [3.8, 4) is 0 Å². The van der Waals surface area contributed by atoms with E-state index in [-0.39, 0.29) is 6.61 Å². The van der Waals surface area contributed by atoms with Gasteiger partial charge < -0.3 is 4.74 Å². The molecule has 1 atom stereocenters. The number of ether oxygens (including phenoxy) is 1. The van der Waals surface area contributed by atoms with Crippen LogP contribution in [0.25, 0.3) is 10.8 Å². The summed E-state index contributed by atoms with van der Waals surface area (Å²) in [5.74, 6) is -0.579. The summed E-state index contributed by atoms with van der Waals surface area (Å²) in [7, 11) is 0. The van der Waals surface area contributed by atoms with E-state index in [2.05, 4.69) is 5.18 Å². The Morgan fingerprint density at radius 2 is 2.05 bits per heavy atom. The molecule has 0 aliphatic rings. The van der Waals surface area contributed by atoms with Crippen molar-refractivity contribution in [2.24, 2.45) is 5.18 Å². The van der Waals surface area contributed by atoms with Gasteiger partial charge in [0.2, 0.25) is 0 Å². The molecule has 2 aromatic rings. The minimum Gasteiger partial charge on any atom is -0.464 e. The largest absolute Gasteiger partial charge is 0.464 e. The van der Waals surface area contributed by atoms with E-state index in [1.54, 1.807) is 6.92 Å². The molecule has 0 aliphatic heterocycles. The third kappa shape index (κ3) is 3.58. The quantitative estimate of drug-likeness (QED) is 0.596. The summed E-state index contributed by atoms with van der Waals surface area (Å²) in [4.78, 5) is 22.3. The molecule has 0 N–H and O–H groups in total. The van der Waals surface area contributed by atoms with Gasteiger partial charge in [0, 0.05) is 5.39 Å². The highest BCUT2D eigenvalue weighted by molar-refractivity contribution is 6.36. The fraction of sp³-hybridized carbons (Fsp3) is 0.312. The number of fused-ring (bicyclic) bond motifs is 1. The third-order valence-electron chi connectivity index (χ3n) is 3.32. The maximum absolute atomic E-state index is 11.5. The number of rotatable bonds is 6. The molecule has 0 aliphatic carbocycles. The van der Waals surface area contributed by atoms with Crippen LogP contribution in [0.15, 0.2) is 41.6 Å². The number of halogens is 1. The van der Waals surface area contributed by atoms with Gasteiger partial charge in [-0.25, -0.2) is 4.79 Å². The van der Waals surface area contributed by atoms with Crippen LogP contribution in [0.4, 0.5) is 0 Å². The van der Waals surface area contributed by atoms with Crippen molar-refractivity contribution >= 4 is 28.3 Å². The molecule has 0 radical (unpaired) electrons. The molecule has 1 unspecified atom stereocenters. The second-order valence-electron chi connectivity index (χ2n) is 4.67. The van der Waals surface area contributed by atoms with Gasteiger partial charge in [-0.15, -0.1) is 4.91 Å². The first-order chi connectivity index (χ1) is 10.2. The average Bonchev–Trinajstić information content (AvgIpc) is 2.50. The van der Waals surface area contributed by atoms with Gasteiger partial charge in [0.1, 0.15) is 0 Å². The number of esters is 1. The van der Waals surface area contributed by atoms with Crippen molar-refractivity contribution in [1.82, 2.24) is 0 Å². The van der Waals surface area contributed by atoms with E-state index < -0.39 is 12.0 Å². The monoisotopic (exact) mass is 305 g/mol. The summed E-state index contributed by atoms with van der Waals surface area (Å²) in [6.07, 6.45) is 0.791. The summed E-state index contributed by atoms with van der Waals surface area (Å²) < 4.78 is 4.82. The van der Waals surface area contributed by atoms with Crippen LogP contribution in [0.1, 0.15) is 18.9 Å². The molecule has 21 heavy (non-hydrogen) atoms. The fourth-order valence-corrected chi connectivity index (χ4v) is 2.55. The number of hydrogen-bond acceptors (Lipinski definition) is 4. The Labute approximate surface area is 128 Å². The van der Waals surface area contributed by atoms with Crippen LogP contribution in [0.3, 0.4) is 0 Å². The number of aryl methyl sites for hydroxylation is 1. The Balaban J connectivity index is 2.14. The van der Waals surface area contributed by atoms with Crippen molar-refractivity contribution in [3.63, 3.8) is 0 Å². The predicted octanol–water partition coefficient (Wildman–Crippen LogP) is 4.12. The Morgan fingerprint density at radius 1 is 1.29 bits per heavy atom. The van der Waals surface area contributed by atoms with Crippen LogP contribution >= 0.6 is 11.6 Å². The van der Waals surface area contributed by atoms with Crippen LogP contribution < -0.4 is 0 Å². The van der Waals surface area contributed by atoms with E-state index in [1.165, 1.54) is 0 Å². The maximum atomic E-state index is 11.5. The number of carbonyl (C=O) groups excluding carboxylic acids is 1. The van der Waals surface area contributed by atoms with E-state index in [0.29, 0.717) is 17.9 Å². The molecule has 110 valence electrons. The number of nitrogens with zero attached hydrogens (tertiary/aromatic N) is 1. The minimum atomic E-state index is -0.979. The van der Waals surface area contributed by atoms with E-state index in [1.807, 2.05) is 36.4 Å². The van der Waals surface area contributed by atoms with E-state index in [0.717, 1.165) is 16.3 Å². The summed E-state index contributed by atoms with van der Waals surface area (Å²) in [5.41, 5.74) is 0.897. The van der Waals surface area contributed by atoms with Crippen molar-refractivity contribution in [2.75, 3.05) is 6.61 Å². The molecule has 2 aromatic carbocycles. The van der Waals surface area contributed by atoms with Crippen molar-refractivity contribution in [1.29, 1.82) is 0 Å². The SMILES string of the molecule is CCOC(=O)C(CCc1ccc2ccccc2c1Cl)N=O. The molecule has 4 nitrogen and oxygen atoms in total. The number of benzene rings is 2. The zero-order chi connectivity index (χ0) is 15.2. The third-order valence-corrected chi connectivity index (χ3v) is 3.76. The Hall–Kier alpha value is -1.94. The molecule has 5 heteroatoms. The molecular weight excluding hydrogens is 290 g/mol. The smallest absolute Gasteiger partial charge is 0.334 e. The lowest BCUT2D eigenvalue weighted by atomic mass is 10.0. The van der Waals surface area contributed by atoms with Crippen LogP contribution in [0, 0.1) is 4.91 Å². The molecule has 0 saturated heterocycles. The maximum Gasteiger partial charge on any atom is 0.334 e. The van der Waals surface area contributed by atoms with Gasteiger partial charge in [-0.3, -0.25) is 0 Å². The summed E-state index contributed by atoms with van der Waals surface area (Å²) >= 11 is 6.38. The number of carbonyl (C=O) groups is 1. The van der Waals surface area contributed by atoms with Gasteiger partial charge in [-0.2, -0.15) is 0 Å². The van der Waals surface area contributed by atoms with Gasteiger partial charge in [0.15, 0.2) is 6.04 Å². The Bertz CT molecular complexity index is 657. The van der Waals surface area contributed by atoms with Gasteiger partial charge in [-0.1, -0.05) is 53.2 Å². The van der Waals surface area contributed by atoms with E-state index in [4.69, 9.17) is 16.3 Å². The van der Waals surface area contributed by atoms with Gasteiger partial charge in [-0.05, 0) is 30.7 Å². The summed E-state index contributed by atoms with van der Waals surface area (Å²) in [5, 5.41) is 5.52. The van der Waals surface area contributed by atoms with Crippen molar-refractivity contribution in [3.05, 3.63) is 51.9 Å². The molecule has 0 spiro atoms. The first-order valence-corrected chi connectivity index (χ1v) is 7.20. The molecule has 0 bridgehead atoms. The lowest BCUT2D eigenvalue weighted by Crippen LogP contribution is -2.21. The molecule has 0 heterocycles. The molecule has 0 fully saturated rings. The molecular formula is C16H16ClNO3. The zero-order valence-electron chi connectivity index (χ0n) is 11.7. The Morgan fingerprint density at radius 3 is 2.76 bits per heavy atom. The zero-order valence-corrected chi connectivity index (χ0v) is 12.5. The normalized spacial score (nSPS) is 12.1. The second kappa shape index (κ2) is 7.18. The second-order valence-corrected chi connectivity index (χ2v) is 5.05. The van der Waals surface area contributed by atoms with Crippen LogP contribution in [-0.2, 0) is 16.0 Å². The van der Waals surface area contributed by atoms with Crippen molar-refractivity contribution in [2.45, 2.75) is 25.8 Å². The minimum absolute atomic E-state index is 0.238. The lowest BCUT2D eigenvalue weighted by Gasteiger charge is -2.10. The standard InChI is InChI=1S/C16H16ClNO3/c1-2-21-16(19)14(18-20)10-9-12-8-7-11-5-3-4-6-13(11)15(12)17/h3-8,14H,2,9-10H2,1H3. The lowest BCUT2D eigenvalue weighted by molar-refractivity contribution is -0.144. The van der Waals surface area contributed by atoms with Crippen molar-refractivity contribution < 1.29 is 9.53 Å². The highest BCUT2D eigenvalue weighted by Gasteiger charge is 2.20. The Kier molecular flexibility index (Phi) is 5.28. The number of hydrogen-bond donors (Lipinski definition) is 0. The predicted molar refractivity (Wildman–Crippen MR) is 83.5 cm³/mol. The first kappa shape index (κ1) is 15.4. The molecule has 2 rings (SSSR count). The molecule has 0 amide bonds. The van der Waals surface area contributed by atoms with Crippen LogP contribution in [0.2, 0.25) is 5.02 Å². The first-order valence-electron chi connectivity index (χ1n) is 6.82. The van der Waals surface area contributed by atoms with E-state index >= 15 is 0 Å². The highest BCUT2D eigenvalue weighted by Crippen LogP contribution is 2.28. The topological polar surface area (TPSA) is 55.7 Å². The average molecular weight is 306 g/mol. The van der Waals surface area contributed by atoms with Crippen LogP contribution in [-0.4, -0.2) is 18.6 Å². The summed E-state index contributed by atoms with van der Waals surface area (Å²) in [6.45, 7) is 1.93. The fourth-order valence-electron chi connectivity index (χ4n) is 2.22. The highest BCUT2D eigenvalue weighted by atomic mass is 35.5. The van der Waals surface area contributed by atoms with Gasteiger partial charge in [0.25, 0.3) is 0 Å². The van der Waals surface area contributed by atoms with E-state index in [9.17, 15) is 9.70 Å². The molecule has 0 aromatic heterocycles. The van der Waals surface area contributed by atoms with Gasteiger partial charge >= 0.3 is 5.97 Å². The van der Waals surface area contributed by atoms with Crippen LogP contribution in [0.5, 0.6) is 0 Å². The van der Waals surface area contributed by atoms with Gasteiger partial charge in [0.05, 0.1) is 11.6 Å².